The molecule has 0 saturated heterocycles. The van der Waals surface area contributed by atoms with Crippen LogP contribution in [0.25, 0.3) is 72.7 Å². The van der Waals surface area contributed by atoms with Gasteiger partial charge in [0.05, 0.1) is 27.8 Å². The first-order chi connectivity index (χ1) is 41.7. The Bertz CT molecular complexity index is 4000. The summed E-state index contributed by atoms with van der Waals surface area (Å²) in [5.41, 5.74) is 2.90. The van der Waals surface area contributed by atoms with E-state index < -0.39 is 78.8 Å². The van der Waals surface area contributed by atoms with Gasteiger partial charge >= 0.3 is 0 Å². The molecule has 0 fully saturated rings. The van der Waals surface area contributed by atoms with Gasteiger partial charge in [0.2, 0.25) is 0 Å². The van der Waals surface area contributed by atoms with Gasteiger partial charge in [0.15, 0.2) is 0 Å². The Balaban J connectivity index is 0.0000120. The molecule has 4 nitrogen and oxygen atoms in total. The Labute approximate surface area is 495 Å². The van der Waals surface area contributed by atoms with Crippen molar-refractivity contribution < 1.29 is 48.1 Å². The van der Waals surface area contributed by atoms with E-state index in [9.17, 15) is 12.0 Å². The van der Waals surface area contributed by atoms with Crippen LogP contribution in [0.15, 0.2) is 121 Å². The minimum absolute atomic E-state index is 0. The first kappa shape index (κ1) is 39.7. The number of phenolic OH excluding ortho intramolecular Hbond substituents is 1. The number of pyridine rings is 1. The minimum Gasteiger partial charge on any atom is -0.507 e. The van der Waals surface area contributed by atoms with Gasteiger partial charge < -0.3 is 5.11 Å². The number of imidazole rings is 1. The number of rotatable bonds is 12. The van der Waals surface area contributed by atoms with Crippen molar-refractivity contribution in [2.24, 2.45) is 0 Å². The topological polar surface area (TPSA) is 50.9 Å². The van der Waals surface area contributed by atoms with Crippen molar-refractivity contribution in [1.82, 2.24) is 14.5 Å². The molecule has 0 aliphatic rings. The van der Waals surface area contributed by atoms with Crippen LogP contribution in [0.5, 0.6) is 5.75 Å². The number of para-hydroxylation sites is 1. The summed E-state index contributed by atoms with van der Waals surface area (Å²) in [7, 11) is 0. The maximum atomic E-state index is 12.8. The smallest absolute Gasteiger partial charge is 0.148 e. The van der Waals surface area contributed by atoms with Gasteiger partial charge in [0, 0.05) is 55.0 Å². The fourth-order valence-corrected chi connectivity index (χ4v) is 10.2. The summed E-state index contributed by atoms with van der Waals surface area (Å²) in [4.78, 5) is 10.3. The van der Waals surface area contributed by atoms with Gasteiger partial charge in [-0.25, -0.2) is 4.98 Å². The molecule has 0 saturated carbocycles. The number of phenols is 1. The third kappa shape index (κ3) is 11.1. The number of aryl methyl sites for hydroxylation is 1. The Morgan fingerprint density at radius 2 is 1.16 bits per heavy atom. The van der Waals surface area contributed by atoms with Gasteiger partial charge in [0.1, 0.15) is 11.6 Å². The maximum Gasteiger partial charge on any atom is 0.148 e. The van der Waals surface area contributed by atoms with Crippen LogP contribution < -0.4 is 0 Å². The molecule has 0 unspecified atom stereocenters. The third-order valence-corrected chi connectivity index (χ3v) is 16.1. The molecule has 0 bridgehead atoms. The normalized spacial score (nSPS) is 16.6. The second-order valence-corrected chi connectivity index (χ2v) is 24.2. The zero-order chi connectivity index (χ0) is 68.3. The van der Waals surface area contributed by atoms with Crippen LogP contribution in [-0.2, 0) is 53.6 Å². The SMILES string of the molecule is [2H]c1c([2H])c(C(C([2H])([2H])[2H])(C([2H])([2H])[2H])C([2H])([2H])[2H])c([2H])c([2H])c1-c1ccnc(-c2[c-]c(-c3cccc4c3nc(-c3cc(C(C)(C)C)cc(C(C)(C)C)c3O)n4-c3ccc(-c4c(C(C)(CC)CC)cccc4C(C)(CC)CC)cc3C([2H])([2H])[2H])cc(C(C)(C)C)c2)c1.[Pt]. The van der Waals surface area contributed by atoms with Crippen LogP contribution in [0.2, 0.25) is 0 Å². The minimum atomic E-state index is -3.84. The van der Waals surface area contributed by atoms with Crippen LogP contribution >= 0.6 is 0 Å². The van der Waals surface area contributed by atoms with Crippen molar-refractivity contribution in [1.29, 1.82) is 0 Å². The van der Waals surface area contributed by atoms with Gasteiger partial charge in [-0.2, -0.15) is 0 Å². The fourth-order valence-electron chi connectivity index (χ4n) is 10.2. The number of hydrogen-bond donors (Lipinski definition) is 1. The Morgan fingerprint density at radius 1 is 0.566 bits per heavy atom. The van der Waals surface area contributed by atoms with E-state index in [4.69, 9.17) is 25.0 Å². The van der Waals surface area contributed by atoms with E-state index in [0.717, 1.165) is 59.1 Å². The van der Waals surface area contributed by atoms with Crippen molar-refractivity contribution >= 4 is 11.0 Å². The van der Waals surface area contributed by atoms with Crippen LogP contribution in [-0.4, -0.2) is 19.6 Å². The number of aromatic nitrogens is 3. The second kappa shape index (κ2) is 21.3. The molecule has 0 spiro atoms. The molecule has 0 atom stereocenters. The molecule has 0 radical (unpaired) electrons. The standard InChI is InChI=1S/C71H86N3O.Pt/c1-20-70(18,21-2)56-27-25-28-57(71(19,22-3)23-4)62(56)48-32-35-60(45(5)38-48)74-61-29-24-26-54(63(61)73-65(74)55-43-53(68(12,13)14)44-58(64(55)75)69(15,16)17)49-39-50(41-52(40-49)67(9,10)11)59-42-47(36-37-72-59)46-30-33-51(34-31-46)66(6,7)8;/h24-38,40-44,75H,20-23H2,1-19H3;/q-1;/i5D3,6D3,7D3,8D3,30D,31D,33D,34D;. The predicted octanol–water partition coefficient (Wildman–Crippen LogP) is 19.9. The van der Waals surface area contributed by atoms with E-state index in [-0.39, 0.29) is 60.0 Å². The molecule has 1 N–H and O–H groups in total. The molecule has 6 aromatic carbocycles. The molecule has 8 aromatic rings. The summed E-state index contributed by atoms with van der Waals surface area (Å²) in [5.74, 6) is 0.296. The molecule has 8 rings (SSSR count). The van der Waals surface area contributed by atoms with Gasteiger partial charge in [-0.05, 0) is 145 Å². The number of aromatic hydroxyl groups is 1. The van der Waals surface area contributed by atoms with Crippen LogP contribution in [0.4, 0.5) is 0 Å². The van der Waals surface area contributed by atoms with Crippen LogP contribution in [0.3, 0.4) is 0 Å². The van der Waals surface area contributed by atoms with Gasteiger partial charge in [-0.1, -0.05) is 208 Å². The van der Waals surface area contributed by atoms with Crippen molar-refractivity contribution in [3.63, 3.8) is 0 Å². The quantitative estimate of drug-likeness (QED) is 0.124. The number of benzene rings is 6. The fraction of sp³-hybridized carbons (Fsp3) is 0.408. The van der Waals surface area contributed by atoms with E-state index in [1.807, 2.05) is 107 Å². The van der Waals surface area contributed by atoms with E-state index >= 15 is 0 Å². The summed E-state index contributed by atoms with van der Waals surface area (Å²) < 4.78 is 142. The van der Waals surface area contributed by atoms with Crippen molar-refractivity contribution in [3.05, 3.63) is 166 Å². The predicted molar refractivity (Wildman–Crippen MR) is 322 cm³/mol. The maximum absolute atomic E-state index is 12.8. The summed E-state index contributed by atoms with van der Waals surface area (Å²) in [6.45, 7) is 17.6. The molecule has 0 aliphatic carbocycles. The number of fused-ring (bicyclic) bond motifs is 1. The molecule has 2 aromatic heterocycles. The summed E-state index contributed by atoms with van der Waals surface area (Å²) >= 11 is 0. The first-order valence-electron chi connectivity index (χ1n) is 34.6. The van der Waals surface area contributed by atoms with E-state index in [0.29, 0.717) is 50.4 Å². The summed E-state index contributed by atoms with van der Waals surface area (Å²) in [5, 5.41) is 12.8. The Hall–Kier alpha value is -5.57. The number of nitrogens with zero attached hydrogens (tertiary/aromatic N) is 3. The Kier molecular flexibility index (Phi) is 11.2. The first-order valence-corrected chi connectivity index (χ1v) is 26.6. The average Bonchev–Trinajstić information content (AvgIpc) is 0.713. The number of hydrogen-bond acceptors (Lipinski definition) is 3. The molecular weight excluding hydrogens is 1110 g/mol. The van der Waals surface area contributed by atoms with Gasteiger partial charge in [0.25, 0.3) is 0 Å². The van der Waals surface area contributed by atoms with Crippen LogP contribution in [0, 0.1) is 12.9 Å². The molecule has 5 heteroatoms. The van der Waals surface area contributed by atoms with Gasteiger partial charge in [-0.3, -0.25) is 9.55 Å². The molecule has 2 heterocycles. The molecular formula is C71H86N3OPt-. The summed E-state index contributed by atoms with van der Waals surface area (Å²) in [6.07, 6.45) is 4.85. The van der Waals surface area contributed by atoms with Gasteiger partial charge in [-0.15, -0.1) is 29.3 Å². The van der Waals surface area contributed by atoms with Crippen molar-refractivity contribution in [3.8, 4) is 67.5 Å². The van der Waals surface area contributed by atoms with E-state index in [2.05, 4.69) is 86.6 Å². The molecule has 76 heavy (non-hydrogen) atoms. The Morgan fingerprint density at radius 3 is 1.72 bits per heavy atom. The summed E-state index contributed by atoms with van der Waals surface area (Å²) in [6, 6.07) is 28.3. The average molecular weight is 1210 g/mol. The molecule has 402 valence electrons. The second-order valence-electron chi connectivity index (χ2n) is 24.2. The van der Waals surface area contributed by atoms with Crippen LogP contribution in [0.1, 0.15) is 211 Å². The largest absolute Gasteiger partial charge is 0.507 e. The zero-order valence-electron chi connectivity index (χ0n) is 63.2. The monoisotopic (exact) mass is 1210 g/mol. The third-order valence-electron chi connectivity index (χ3n) is 16.1. The zero-order valence-corrected chi connectivity index (χ0v) is 49.4. The van der Waals surface area contributed by atoms with Crippen molar-refractivity contribution in [2.75, 3.05) is 0 Å². The molecule has 0 amide bonds. The van der Waals surface area contributed by atoms with E-state index in [1.54, 1.807) is 0 Å². The van der Waals surface area contributed by atoms with E-state index in [1.165, 1.54) is 18.3 Å². The molecule has 0 aliphatic heterocycles. The van der Waals surface area contributed by atoms with Crippen molar-refractivity contribution in [2.45, 2.75) is 189 Å².